The summed E-state index contributed by atoms with van der Waals surface area (Å²) in [5.41, 5.74) is 1.10. The number of nitrogens with one attached hydrogen (secondary N) is 1. The molecule has 0 spiro atoms. The van der Waals surface area contributed by atoms with Crippen LogP contribution < -0.4 is 10.1 Å². The average Bonchev–Trinajstić information content (AvgIpc) is 2.97. The van der Waals surface area contributed by atoms with Gasteiger partial charge in [0.2, 0.25) is 0 Å². The van der Waals surface area contributed by atoms with Crippen molar-refractivity contribution < 1.29 is 14.6 Å². The lowest BCUT2D eigenvalue weighted by Gasteiger charge is -2.39. The molecule has 0 bridgehead atoms. The van der Waals surface area contributed by atoms with Gasteiger partial charge in [-0.3, -0.25) is 4.79 Å². The van der Waals surface area contributed by atoms with Crippen LogP contribution in [0.3, 0.4) is 0 Å². The molecule has 3 rings (SSSR count). The van der Waals surface area contributed by atoms with E-state index in [0.29, 0.717) is 22.6 Å². The number of aliphatic carboxylic acids is 1. The van der Waals surface area contributed by atoms with E-state index in [2.05, 4.69) is 38.2 Å². The van der Waals surface area contributed by atoms with E-state index in [0.717, 1.165) is 37.1 Å². The minimum absolute atomic E-state index is 0.241. The minimum Gasteiger partial charge on any atom is -0.489 e. The molecule has 1 fully saturated rings. The molecule has 6 heteroatoms. The van der Waals surface area contributed by atoms with Gasteiger partial charge in [-0.1, -0.05) is 55.2 Å². The second-order valence-electron chi connectivity index (χ2n) is 9.74. The van der Waals surface area contributed by atoms with E-state index in [1.807, 2.05) is 25.1 Å². The molecule has 0 radical (unpaired) electrons. The molecule has 2 aromatic rings. The summed E-state index contributed by atoms with van der Waals surface area (Å²) in [5.74, 6) is 0.432. The van der Waals surface area contributed by atoms with Gasteiger partial charge in [-0.2, -0.15) is 0 Å². The van der Waals surface area contributed by atoms with Gasteiger partial charge >= 0.3 is 5.97 Å². The van der Waals surface area contributed by atoms with Crippen molar-refractivity contribution in [2.75, 3.05) is 6.54 Å². The van der Waals surface area contributed by atoms with E-state index in [-0.39, 0.29) is 11.5 Å². The smallest absolute Gasteiger partial charge is 0.309 e. The molecule has 0 aromatic heterocycles. The predicted octanol–water partition coefficient (Wildman–Crippen LogP) is 6.62. The highest BCUT2D eigenvalue weighted by atomic mass is 35.5. The van der Waals surface area contributed by atoms with Gasteiger partial charge in [0.25, 0.3) is 0 Å². The predicted molar refractivity (Wildman–Crippen MR) is 131 cm³/mol. The second-order valence-corrected chi connectivity index (χ2v) is 10.6. The zero-order chi connectivity index (χ0) is 23.5. The zero-order valence-electron chi connectivity index (χ0n) is 19.3. The highest BCUT2D eigenvalue weighted by molar-refractivity contribution is 6.35. The summed E-state index contributed by atoms with van der Waals surface area (Å²) >= 11 is 12.4. The van der Waals surface area contributed by atoms with Gasteiger partial charge in [0.05, 0.1) is 5.41 Å². The summed E-state index contributed by atoms with van der Waals surface area (Å²) in [6.07, 6.45) is 2.56. The third-order valence-electron chi connectivity index (χ3n) is 7.53. The van der Waals surface area contributed by atoms with E-state index in [1.165, 1.54) is 5.56 Å². The van der Waals surface area contributed by atoms with E-state index in [1.54, 1.807) is 12.1 Å². The number of carboxylic acid groups (broad SMARTS) is 1. The number of rotatable bonds is 9. The van der Waals surface area contributed by atoms with Crippen LogP contribution in [0, 0.1) is 16.7 Å². The maximum absolute atomic E-state index is 11.8. The van der Waals surface area contributed by atoms with E-state index >= 15 is 0 Å². The summed E-state index contributed by atoms with van der Waals surface area (Å²) in [6.45, 7) is 9.41. The van der Waals surface area contributed by atoms with Crippen molar-refractivity contribution in [3.05, 3.63) is 63.6 Å². The number of halogens is 2. The third-order valence-corrected chi connectivity index (χ3v) is 8.24. The van der Waals surface area contributed by atoms with Gasteiger partial charge in [0.15, 0.2) is 0 Å². The van der Waals surface area contributed by atoms with Crippen molar-refractivity contribution in [1.29, 1.82) is 0 Å². The molecule has 1 aliphatic rings. The Bertz CT molecular complexity index is 924. The minimum atomic E-state index is -0.683. The van der Waals surface area contributed by atoms with Crippen molar-refractivity contribution in [3.63, 3.8) is 0 Å². The Kier molecular flexibility index (Phi) is 7.80. The quantitative estimate of drug-likeness (QED) is 0.425. The van der Waals surface area contributed by atoms with Gasteiger partial charge in [0.1, 0.15) is 12.4 Å². The summed E-state index contributed by atoms with van der Waals surface area (Å²) < 4.78 is 5.86. The Balaban J connectivity index is 1.50. The first-order valence-electron chi connectivity index (χ1n) is 11.2. The maximum Gasteiger partial charge on any atom is 0.309 e. The number of hydrogen-bond acceptors (Lipinski definition) is 3. The molecule has 2 N–H and O–H groups in total. The highest BCUT2D eigenvalue weighted by Crippen LogP contribution is 2.55. The first-order valence-corrected chi connectivity index (χ1v) is 11.9. The molecule has 0 heterocycles. The fourth-order valence-corrected chi connectivity index (χ4v) is 5.16. The van der Waals surface area contributed by atoms with Crippen molar-refractivity contribution in [2.45, 2.75) is 59.6 Å². The van der Waals surface area contributed by atoms with Crippen LogP contribution in [0.15, 0.2) is 42.5 Å². The maximum atomic E-state index is 11.8. The normalized spacial score (nSPS) is 23.1. The number of ether oxygens (including phenoxy) is 1. The van der Waals surface area contributed by atoms with Crippen LogP contribution in [-0.4, -0.2) is 23.7 Å². The molecular formula is C26H33Cl2NO3. The molecule has 32 heavy (non-hydrogen) atoms. The Morgan fingerprint density at radius 2 is 1.78 bits per heavy atom. The number of carbonyl (C=O) groups is 1. The zero-order valence-corrected chi connectivity index (χ0v) is 20.8. The average molecular weight is 478 g/mol. The fraction of sp³-hybridized carbons (Fsp3) is 0.500. The number of carboxylic acids is 1. The molecule has 2 aromatic carbocycles. The molecule has 1 saturated carbocycles. The molecule has 0 aliphatic heterocycles. The van der Waals surface area contributed by atoms with Crippen LogP contribution in [0.4, 0.5) is 0 Å². The summed E-state index contributed by atoms with van der Waals surface area (Å²) in [7, 11) is 0. The number of benzene rings is 2. The molecule has 4 nitrogen and oxygen atoms in total. The van der Waals surface area contributed by atoms with Crippen molar-refractivity contribution in [2.24, 2.45) is 16.7 Å². The Morgan fingerprint density at radius 1 is 1.16 bits per heavy atom. The van der Waals surface area contributed by atoms with Gasteiger partial charge in [0, 0.05) is 21.7 Å². The van der Waals surface area contributed by atoms with Crippen LogP contribution >= 0.6 is 23.2 Å². The van der Waals surface area contributed by atoms with E-state index in [9.17, 15) is 9.90 Å². The fourth-order valence-electron chi connectivity index (χ4n) is 4.65. The summed E-state index contributed by atoms with van der Waals surface area (Å²) in [5, 5.41) is 14.5. The van der Waals surface area contributed by atoms with Crippen molar-refractivity contribution >= 4 is 29.2 Å². The molecule has 0 saturated heterocycles. The molecule has 174 valence electrons. The van der Waals surface area contributed by atoms with Crippen molar-refractivity contribution in [1.82, 2.24) is 5.32 Å². The van der Waals surface area contributed by atoms with Crippen LogP contribution in [0.25, 0.3) is 0 Å². The topological polar surface area (TPSA) is 58.6 Å². The lowest BCUT2D eigenvalue weighted by molar-refractivity contribution is -0.154. The molecule has 3 atom stereocenters. The van der Waals surface area contributed by atoms with Gasteiger partial charge in [-0.15, -0.1) is 0 Å². The van der Waals surface area contributed by atoms with Gasteiger partial charge in [-0.05, 0) is 80.8 Å². The molecular weight excluding hydrogens is 445 g/mol. The molecule has 0 unspecified atom stereocenters. The van der Waals surface area contributed by atoms with Gasteiger partial charge < -0.3 is 15.2 Å². The van der Waals surface area contributed by atoms with Gasteiger partial charge in [-0.25, -0.2) is 0 Å². The molecule has 0 amide bonds. The van der Waals surface area contributed by atoms with Crippen LogP contribution in [0.2, 0.25) is 10.0 Å². The van der Waals surface area contributed by atoms with Crippen LogP contribution in [0.5, 0.6) is 5.75 Å². The van der Waals surface area contributed by atoms with Crippen LogP contribution in [-0.2, 0) is 17.8 Å². The SMILES string of the molecule is C[C@H](Cc1ccc(OCc2c(Cl)cccc2Cl)cc1)NC[C@H]1CC[C@@](C)(C(=O)O)C1(C)C. The van der Waals surface area contributed by atoms with Crippen molar-refractivity contribution in [3.8, 4) is 5.75 Å². The first kappa shape index (κ1) is 24.9. The Morgan fingerprint density at radius 3 is 2.34 bits per heavy atom. The monoisotopic (exact) mass is 477 g/mol. The molecule has 1 aliphatic carbocycles. The van der Waals surface area contributed by atoms with E-state index < -0.39 is 11.4 Å². The summed E-state index contributed by atoms with van der Waals surface area (Å²) in [4.78, 5) is 11.8. The number of hydrogen-bond donors (Lipinski definition) is 2. The lowest BCUT2D eigenvalue weighted by atomic mass is 9.65. The lowest BCUT2D eigenvalue weighted by Crippen LogP contribution is -2.44. The second kappa shape index (κ2) is 10.0. The largest absolute Gasteiger partial charge is 0.489 e. The highest BCUT2D eigenvalue weighted by Gasteiger charge is 2.55. The van der Waals surface area contributed by atoms with E-state index in [4.69, 9.17) is 27.9 Å². The Labute approximate surface area is 201 Å². The Hall–Kier alpha value is -1.75. The van der Waals surface area contributed by atoms with Crippen LogP contribution in [0.1, 0.15) is 51.7 Å². The third kappa shape index (κ3) is 5.24. The first-order chi connectivity index (χ1) is 15.0. The standard InChI is InChI=1S/C26H33Cl2NO3/c1-17(29-15-19-12-13-26(4,24(30)31)25(19,2)3)14-18-8-10-20(11-9-18)32-16-21-22(27)6-5-7-23(21)28/h5-11,17,19,29H,12-16H2,1-4H3,(H,30,31)/t17-,19-,26+/m1/s1. The summed E-state index contributed by atoms with van der Waals surface area (Å²) in [6, 6.07) is 13.8.